The number of aromatic nitrogens is 15. The van der Waals surface area contributed by atoms with Gasteiger partial charge in [0.2, 0.25) is 0 Å². The monoisotopic (exact) mass is 2080 g/mol. The number of hydrogen-bond donors (Lipinski definition) is 0. The van der Waals surface area contributed by atoms with Crippen molar-refractivity contribution < 1.29 is 118 Å². The first-order valence-corrected chi connectivity index (χ1v) is 27.0. The van der Waals surface area contributed by atoms with Gasteiger partial charge in [-0.2, -0.15) is 43.1 Å². The van der Waals surface area contributed by atoms with Crippen LogP contribution in [0.1, 0.15) is 123 Å². The van der Waals surface area contributed by atoms with Crippen molar-refractivity contribution in [2.75, 3.05) is 0 Å². The SMILES string of the molecule is CC(F)(F)c1nnc(-c2[c-]cccc2)n1C(C)(C)C.Cc1nnc(-c2[c-]cccc2)n1C.Cc1nnc(-c2[c-]cccc2)n1C(C)(C)C.Cc1nnc(-c2[c-]cccc2)n1C1CCCCC1.Cn1c(-c2[c-]cccc2)nnc1C(C)(F)F.[Ir].[Ir].[Ir].[Ir].[Ir]. The molecule has 10 aromatic rings. The molecule has 1 aliphatic rings. The van der Waals surface area contributed by atoms with E-state index in [2.05, 4.69) is 117 Å². The molecule has 0 N–H and O–H groups in total. The van der Waals surface area contributed by atoms with E-state index < -0.39 is 17.4 Å². The molecule has 1 aliphatic carbocycles. The molecule has 11 rings (SSSR count). The molecule has 15 nitrogen and oxygen atoms in total. The van der Waals surface area contributed by atoms with Crippen LogP contribution in [0.4, 0.5) is 17.6 Å². The van der Waals surface area contributed by atoms with Crippen LogP contribution in [0.15, 0.2) is 121 Å². The molecule has 1 fully saturated rings. The first-order chi connectivity index (χ1) is 38.9. The summed E-state index contributed by atoms with van der Waals surface area (Å²) in [5.41, 5.74) is 3.74. The van der Waals surface area contributed by atoms with Crippen LogP contribution in [0.5, 0.6) is 0 Å². The number of alkyl halides is 4. The molecule has 0 saturated heterocycles. The average molecular weight is 2070 g/mol. The van der Waals surface area contributed by atoms with Crippen molar-refractivity contribution in [1.82, 2.24) is 73.8 Å². The van der Waals surface area contributed by atoms with E-state index in [-0.39, 0.29) is 118 Å². The zero-order chi connectivity index (χ0) is 59.4. The van der Waals surface area contributed by atoms with Crippen LogP contribution < -0.4 is 0 Å². The quantitative estimate of drug-likeness (QED) is 0.106. The van der Waals surface area contributed by atoms with E-state index in [1.165, 1.54) is 48.3 Å². The van der Waals surface area contributed by atoms with Gasteiger partial charge < -0.3 is 22.8 Å². The molecule has 5 aromatic heterocycles. The van der Waals surface area contributed by atoms with E-state index in [0.29, 0.717) is 28.8 Å². The molecule has 0 atom stereocenters. The van der Waals surface area contributed by atoms with Crippen molar-refractivity contribution in [2.45, 2.75) is 137 Å². The molecule has 24 heteroatoms. The molecule has 475 valence electrons. The Morgan fingerprint density at radius 1 is 0.368 bits per heavy atom. The summed E-state index contributed by atoms with van der Waals surface area (Å²) in [5, 5.41) is 39.9. The van der Waals surface area contributed by atoms with E-state index >= 15 is 0 Å². The molecular weight excluding hydrogens is 2000 g/mol. The average Bonchev–Trinajstić information content (AvgIpc) is 1.81. The zero-order valence-corrected chi connectivity index (χ0v) is 62.5. The van der Waals surface area contributed by atoms with Crippen LogP contribution in [-0.4, -0.2) is 73.8 Å². The van der Waals surface area contributed by atoms with Gasteiger partial charge in [-0.25, -0.2) is 0 Å². The maximum Gasteiger partial charge on any atom is 0.303 e. The molecule has 0 bridgehead atoms. The predicted molar refractivity (Wildman–Crippen MR) is 309 cm³/mol. The molecular formula is C63H70F4Ir5N15-5. The molecule has 1 saturated carbocycles. The number of aryl methyl sites for hydroxylation is 3. The van der Waals surface area contributed by atoms with Crippen molar-refractivity contribution in [3.8, 4) is 56.9 Å². The molecule has 0 unspecified atom stereocenters. The van der Waals surface area contributed by atoms with Gasteiger partial charge in [-0.05, 0) is 75.2 Å². The summed E-state index contributed by atoms with van der Waals surface area (Å²) in [5.74, 6) is -0.333. The van der Waals surface area contributed by atoms with Crippen molar-refractivity contribution in [3.63, 3.8) is 0 Å². The predicted octanol–water partition coefficient (Wildman–Crippen LogP) is 14.0. The van der Waals surface area contributed by atoms with E-state index in [1.807, 2.05) is 132 Å². The first kappa shape index (κ1) is 77.9. The normalized spacial score (nSPS) is 12.1. The van der Waals surface area contributed by atoms with Gasteiger partial charge in [0.25, 0.3) is 0 Å². The van der Waals surface area contributed by atoms with E-state index in [4.69, 9.17) is 0 Å². The fraction of sp³-hybridized carbons (Fsp3) is 0.365. The van der Waals surface area contributed by atoms with Gasteiger partial charge >= 0.3 is 11.8 Å². The Kier molecular flexibility index (Phi) is 31.0. The van der Waals surface area contributed by atoms with E-state index in [0.717, 1.165) is 65.5 Å². The summed E-state index contributed by atoms with van der Waals surface area (Å²) in [4.78, 5) is 0. The van der Waals surface area contributed by atoms with Crippen LogP contribution in [0, 0.1) is 51.1 Å². The van der Waals surface area contributed by atoms with Gasteiger partial charge in [0.05, 0.1) is 29.1 Å². The minimum atomic E-state index is -3.03. The number of halogens is 4. The van der Waals surface area contributed by atoms with Crippen molar-refractivity contribution in [3.05, 3.63) is 181 Å². The van der Waals surface area contributed by atoms with Crippen LogP contribution >= 0.6 is 0 Å². The largest absolute Gasteiger partial charge is 0.354 e. The molecule has 5 aromatic carbocycles. The number of hydrogen-bond acceptors (Lipinski definition) is 10. The smallest absolute Gasteiger partial charge is 0.303 e. The van der Waals surface area contributed by atoms with E-state index in [1.54, 1.807) is 36.4 Å². The van der Waals surface area contributed by atoms with Crippen LogP contribution in [-0.2, 0) is 138 Å². The fourth-order valence-corrected chi connectivity index (χ4v) is 9.30. The summed E-state index contributed by atoms with van der Waals surface area (Å²) < 4.78 is 62.7. The van der Waals surface area contributed by atoms with Crippen molar-refractivity contribution >= 4 is 0 Å². The third-order valence-electron chi connectivity index (χ3n) is 13.1. The summed E-state index contributed by atoms with van der Waals surface area (Å²) in [7, 11) is 3.47. The third-order valence-corrected chi connectivity index (χ3v) is 13.1. The van der Waals surface area contributed by atoms with Gasteiger partial charge in [-0.15, -0.1) is 205 Å². The molecule has 87 heavy (non-hydrogen) atoms. The van der Waals surface area contributed by atoms with Crippen LogP contribution in [0.3, 0.4) is 0 Å². The Morgan fingerprint density at radius 3 is 1.06 bits per heavy atom. The second kappa shape index (κ2) is 34.7. The Morgan fingerprint density at radius 2 is 0.690 bits per heavy atom. The topological polar surface area (TPSA) is 154 Å². The Balaban J connectivity index is 0.000000367. The minimum absolute atomic E-state index is 0. The van der Waals surface area contributed by atoms with E-state index in [9.17, 15) is 17.6 Å². The molecule has 5 radical (unpaired) electrons. The van der Waals surface area contributed by atoms with Crippen LogP contribution in [0.2, 0.25) is 0 Å². The standard InChI is InChI=1S/C15H18N3.C14H16F2N3.C13H16N3.C11H10F2N3.C10H10N3.5Ir/c1-12-16-17-15(13-8-4-2-5-9-13)18(12)14-10-6-3-7-11-14;1-13(2,3)19-11(10-8-6-5-7-9-10)17-18-12(19)14(4,15)16;1-10-14-15-12(16(10)13(2,3)4)11-8-6-5-7-9-11;1-11(12,13)10-15-14-9(16(10)2)8-6-4-3-5-7-8;1-8-11-12-10(13(8)2)9-6-4-3-5-7-9;;;;;/h2,4-5,8,14H,3,6-7,10-11H2,1H3;5-8H,1-4H3;5-8H,1-4H3;3-6H,1-2H3;3-6H,1-2H3;;;;;/q5*-1;;;;;. The van der Waals surface area contributed by atoms with Crippen LogP contribution in [0.25, 0.3) is 56.9 Å². The number of rotatable bonds is 8. The van der Waals surface area contributed by atoms with Gasteiger partial charge in [-0.1, -0.05) is 19.3 Å². The van der Waals surface area contributed by atoms with Crippen molar-refractivity contribution in [2.24, 2.45) is 14.1 Å². The second-order valence-corrected chi connectivity index (χ2v) is 21.9. The van der Waals surface area contributed by atoms with Gasteiger partial charge in [0.15, 0.2) is 11.6 Å². The Bertz CT molecular complexity index is 3570. The second-order valence-electron chi connectivity index (χ2n) is 21.9. The fourth-order valence-electron chi connectivity index (χ4n) is 9.30. The first-order valence-electron chi connectivity index (χ1n) is 27.0. The maximum absolute atomic E-state index is 13.6. The van der Waals surface area contributed by atoms with Crippen molar-refractivity contribution in [1.29, 1.82) is 0 Å². The summed E-state index contributed by atoms with van der Waals surface area (Å²) >= 11 is 0. The molecule has 0 spiro atoms. The Labute approximate surface area is 576 Å². The molecule has 5 heterocycles. The summed E-state index contributed by atoms with van der Waals surface area (Å²) in [6, 6.07) is 53.8. The number of benzene rings is 5. The van der Waals surface area contributed by atoms with Gasteiger partial charge in [0.1, 0.15) is 17.5 Å². The molecule has 0 amide bonds. The van der Waals surface area contributed by atoms with Gasteiger partial charge in [0, 0.05) is 146 Å². The Hall–Kier alpha value is -5.23. The minimum Gasteiger partial charge on any atom is -0.354 e. The summed E-state index contributed by atoms with van der Waals surface area (Å²) in [6.07, 6.45) is 6.50. The maximum atomic E-state index is 13.6. The summed E-state index contributed by atoms with van der Waals surface area (Å²) in [6.45, 7) is 19.6. The third kappa shape index (κ3) is 20.7. The number of nitrogens with zero attached hydrogens (tertiary/aromatic N) is 15. The van der Waals surface area contributed by atoms with Gasteiger partial charge in [-0.3, -0.25) is 0 Å². The molecule has 0 aliphatic heterocycles. The zero-order valence-electron chi connectivity index (χ0n) is 50.5.